The fourth-order valence-electron chi connectivity index (χ4n) is 2.22. The normalized spacial score (nSPS) is 11.8. The molecule has 0 bridgehead atoms. The smallest absolute Gasteiger partial charge is 0.157 e. The van der Waals surface area contributed by atoms with Crippen LogP contribution >= 0.6 is 0 Å². The highest BCUT2D eigenvalue weighted by Crippen LogP contribution is 2.24. The van der Waals surface area contributed by atoms with E-state index >= 15 is 0 Å². The van der Waals surface area contributed by atoms with Crippen molar-refractivity contribution < 1.29 is 4.84 Å². The van der Waals surface area contributed by atoms with E-state index in [1.54, 1.807) is 0 Å². The number of benzene rings is 2. The molecule has 0 atom stereocenters. The Morgan fingerprint density at radius 2 is 1.83 bits per heavy atom. The molecule has 2 rings (SSSR count). The number of para-hydroxylation sites is 1. The van der Waals surface area contributed by atoms with E-state index in [9.17, 15) is 0 Å². The number of oxime groups is 1. The fourth-order valence-corrected chi connectivity index (χ4v) is 2.22. The van der Waals surface area contributed by atoms with E-state index in [0.29, 0.717) is 0 Å². The lowest BCUT2D eigenvalue weighted by molar-refractivity contribution is 0.341. The number of aliphatic imine (C=N–C) groups is 1. The van der Waals surface area contributed by atoms with Crippen molar-refractivity contribution >= 4 is 17.7 Å². The van der Waals surface area contributed by atoms with Crippen molar-refractivity contribution in [1.29, 1.82) is 0 Å². The first-order valence-corrected chi connectivity index (χ1v) is 8.14. The van der Waals surface area contributed by atoms with E-state index < -0.39 is 0 Å². The molecule has 0 amide bonds. The maximum absolute atomic E-state index is 5.49. The molecule has 0 N–H and O–H groups in total. The Bertz CT molecular complexity index is 736. The van der Waals surface area contributed by atoms with Gasteiger partial charge in [-0.05, 0) is 63.1 Å². The Hall–Kier alpha value is -2.62. The Morgan fingerprint density at radius 1 is 1.12 bits per heavy atom. The topological polar surface area (TPSA) is 37.2 Å². The maximum atomic E-state index is 5.49. The second kappa shape index (κ2) is 8.29. The largest absolute Gasteiger partial charge is 0.366 e. The van der Waals surface area contributed by atoms with Crippen LogP contribution in [-0.4, -0.2) is 30.5 Å². The molecule has 126 valence electrons. The molecular formula is C20H25N3O. The molecule has 0 spiro atoms. The summed E-state index contributed by atoms with van der Waals surface area (Å²) >= 11 is 0. The molecule has 4 nitrogen and oxygen atoms in total. The second-order valence-electron chi connectivity index (χ2n) is 5.85. The maximum Gasteiger partial charge on any atom is 0.157 e. The molecule has 0 radical (unpaired) electrons. The number of hydrogen-bond acceptors (Lipinski definition) is 3. The predicted octanol–water partition coefficient (Wildman–Crippen LogP) is 4.72. The van der Waals surface area contributed by atoms with Crippen LogP contribution in [0.4, 0.5) is 5.69 Å². The quantitative estimate of drug-likeness (QED) is 0.438. The lowest BCUT2D eigenvalue weighted by Gasteiger charge is -2.11. The number of aryl methyl sites for hydroxylation is 2. The third kappa shape index (κ3) is 4.69. The predicted molar refractivity (Wildman–Crippen MR) is 102 cm³/mol. The Labute approximate surface area is 144 Å². The van der Waals surface area contributed by atoms with Gasteiger partial charge in [0, 0.05) is 19.2 Å². The van der Waals surface area contributed by atoms with Crippen molar-refractivity contribution in [2.45, 2.75) is 27.7 Å². The monoisotopic (exact) mass is 323 g/mol. The van der Waals surface area contributed by atoms with Gasteiger partial charge in [-0.1, -0.05) is 23.4 Å². The molecule has 0 aliphatic rings. The Kier molecular flexibility index (Phi) is 6.13. The van der Waals surface area contributed by atoms with Gasteiger partial charge in [0.2, 0.25) is 0 Å². The van der Waals surface area contributed by atoms with Crippen LogP contribution in [0.25, 0.3) is 0 Å². The van der Waals surface area contributed by atoms with Gasteiger partial charge >= 0.3 is 0 Å². The number of rotatable bonds is 6. The average Bonchev–Trinajstić information content (AvgIpc) is 2.60. The molecule has 4 heteroatoms. The summed E-state index contributed by atoms with van der Waals surface area (Å²) in [4.78, 5) is 12.1. The first-order valence-electron chi connectivity index (χ1n) is 8.14. The summed E-state index contributed by atoms with van der Waals surface area (Å²) in [7, 11) is 2.01. The van der Waals surface area contributed by atoms with Crippen molar-refractivity contribution in [3.63, 3.8) is 0 Å². The van der Waals surface area contributed by atoms with Gasteiger partial charge in [-0.3, -0.25) is 0 Å². The van der Waals surface area contributed by atoms with E-state index in [-0.39, 0.29) is 0 Å². The second-order valence-corrected chi connectivity index (χ2v) is 5.85. The summed E-state index contributed by atoms with van der Waals surface area (Å²) in [5.74, 6) is 0.732. The van der Waals surface area contributed by atoms with Gasteiger partial charge in [0.1, 0.15) is 0 Å². The SMILES string of the molecule is CCN(C)C=Nc1cc(C)c(C(C)=NOc2ccccc2)cc1C. The molecule has 0 saturated carbocycles. The van der Waals surface area contributed by atoms with Gasteiger partial charge in [-0.15, -0.1) is 0 Å². The molecular weight excluding hydrogens is 298 g/mol. The zero-order valence-electron chi connectivity index (χ0n) is 15.1. The number of hydrogen-bond donors (Lipinski definition) is 0. The van der Waals surface area contributed by atoms with Gasteiger partial charge in [0.05, 0.1) is 17.7 Å². The number of nitrogens with zero attached hydrogens (tertiary/aromatic N) is 3. The van der Waals surface area contributed by atoms with Gasteiger partial charge < -0.3 is 9.74 Å². The van der Waals surface area contributed by atoms with Crippen molar-refractivity contribution in [2.24, 2.45) is 10.1 Å². The van der Waals surface area contributed by atoms with Crippen molar-refractivity contribution in [3.05, 3.63) is 59.2 Å². The van der Waals surface area contributed by atoms with Crippen LogP contribution in [0.15, 0.2) is 52.6 Å². The lowest BCUT2D eigenvalue weighted by Crippen LogP contribution is -2.14. The van der Waals surface area contributed by atoms with Gasteiger partial charge in [0.25, 0.3) is 0 Å². The highest BCUT2D eigenvalue weighted by Gasteiger charge is 2.07. The van der Waals surface area contributed by atoms with Crippen LogP contribution in [0.2, 0.25) is 0 Å². The minimum absolute atomic E-state index is 0.732. The molecule has 0 aromatic heterocycles. The lowest BCUT2D eigenvalue weighted by atomic mass is 10.0. The van der Waals surface area contributed by atoms with Crippen LogP contribution < -0.4 is 4.84 Å². The molecule has 0 unspecified atom stereocenters. The van der Waals surface area contributed by atoms with E-state index in [1.807, 2.05) is 55.5 Å². The van der Waals surface area contributed by atoms with E-state index in [0.717, 1.165) is 40.4 Å². The zero-order valence-corrected chi connectivity index (χ0v) is 15.1. The van der Waals surface area contributed by atoms with E-state index in [1.165, 1.54) is 0 Å². The van der Waals surface area contributed by atoms with Crippen molar-refractivity contribution in [2.75, 3.05) is 13.6 Å². The third-order valence-electron chi connectivity index (χ3n) is 3.86. The van der Waals surface area contributed by atoms with Crippen molar-refractivity contribution in [3.8, 4) is 5.75 Å². The summed E-state index contributed by atoms with van der Waals surface area (Å²) in [6.45, 7) is 9.12. The third-order valence-corrected chi connectivity index (χ3v) is 3.86. The van der Waals surface area contributed by atoms with Crippen molar-refractivity contribution in [1.82, 2.24) is 4.90 Å². The van der Waals surface area contributed by atoms with Crippen LogP contribution in [-0.2, 0) is 0 Å². The first-order chi connectivity index (χ1) is 11.5. The van der Waals surface area contributed by atoms with E-state index in [4.69, 9.17) is 4.84 Å². The first kappa shape index (κ1) is 17.7. The van der Waals surface area contributed by atoms with Gasteiger partial charge in [0.15, 0.2) is 5.75 Å². The Morgan fingerprint density at radius 3 is 2.50 bits per heavy atom. The minimum atomic E-state index is 0.732. The summed E-state index contributed by atoms with van der Waals surface area (Å²) in [6, 6.07) is 13.8. The highest BCUT2D eigenvalue weighted by atomic mass is 16.6. The minimum Gasteiger partial charge on any atom is -0.366 e. The molecule has 0 aliphatic carbocycles. The highest BCUT2D eigenvalue weighted by molar-refractivity contribution is 6.00. The zero-order chi connectivity index (χ0) is 17.5. The van der Waals surface area contributed by atoms with E-state index in [2.05, 4.69) is 43.1 Å². The summed E-state index contributed by atoms with van der Waals surface area (Å²) in [5, 5.41) is 4.25. The Balaban J connectivity index is 2.21. The molecule has 2 aromatic rings. The van der Waals surface area contributed by atoms with Crippen LogP contribution in [0, 0.1) is 13.8 Å². The molecule has 0 saturated heterocycles. The molecule has 0 aliphatic heterocycles. The summed E-state index contributed by atoms with van der Waals surface area (Å²) in [5.41, 5.74) is 5.15. The molecule has 0 heterocycles. The molecule has 0 fully saturated rings. The average molecular weight is 323 g/mol. The molecule has 2 aromatic carbocycles. The van der Waals surface area contributed by atoms with Gasteiger partial charge in [-0.25, -0.2) is 4.99 Å². The summed E-state index contributed by atoms with van der Waals surface area (Å²) < 4.78 is 0. The molecule has 24 heavy (non-hydrogen) atoms. The van der Waals surface area contributed by atoms with Crippen LogP contribution in [0.5, 0.6) is 5.75 Å². The van der Waals surface area contributed by atoms with Gasteiger partial charge in [-0.2, -0.15) is 0 Å². The fraction of sp³-hybridized carbons (Fsp3) is 0.300. The van der Waals surface area contributed by atoms with Crippen LogP contribution in [0.1, 0.15) is 30.5 Å². The standard InChI is InChI=1S/C20H25N3O/c1-6-23(5)14-21-20-13-15(2)19(12-16(20)3)17(4)22-24-18-10-8-7-9-11-18/h7-14H,6H2,1-5H3. The summed E-state index contributed by atoms with van der Waals surface area (Å²) in [6.07, 6.45) is 1.86. The van der Waals surface area contributed by atoms with Crippen LogP contribution in [0.3, 0.4) is 0 Å².